The lowest BCUT2D eigenvalue weighted by atomic mass is 9.85. The number of carbonyl (C=O) groups excluding carboxylic acids is 2. The number of imidazole rings is 1. The van der Waals surface area contributed by atoms with E-state index in [0.29, 0.717) is 6.54 Å². The summed E-state index contributed by atoms with van der Waals surface area (Å²) in [6.45, 7) is 13.6. The van der Waals surface area contributed by atoms with Crippen LogP contribution in [0.5, 0.6) is 0 Å². The molecule has 7 heteroatoms. The molecule has 2 heterocycles. The number of aromatic nitrogens is 2. The Kier molecular flexibility index (Phi) is 9.72. The molecule has 0 bridgehead atoms. The van der Waals surface area contributed by atoms with Crippen molar-refractivity contribution >= 4 is 12.0 Å². The molecule has 38 heavy (non-hydrogen) atoms. The summed E-state index contributed by atoms with van der Waals surface area (Å²) in [5.74, 6) is 0.618. The molecular weight excluding hydrogens is 476 g/mol. The number of nitrogens with zero attached hydrogens (tertiary/aromatic N) is 2. The normalized spacial score (nSPS) is 15.0. The molecule has 1 fully saturated rings. The second-order valence-electron chi connectivity index (χ2n) is 10.8. The molecule has 1 aliphatic heterocycles. The highest BCUT2D eigenvalue weighted by Crippen LogP contribution is 2.34. The number of methoxy groups -OCH3 is 1. The highest BCUT2D eigenvalue weighted by molar-refractivity contribution is 5.82. The van der Waals surface area contributed by atoms with E-state index in [-0.39, 0.29) is 23.9 Å². The van der Waals surface area contributed by atoms with Gasteiger partial charge in [0.25, 0.3) is 0 Å². The van der Waals surface area contributed by atoms with Gasteiger partial charge < -0.3 is 19.9 Å². The van der Waals surface area contributed by atoms with Crippen LogP contribution in [0.4, 0.5) is 4.79 Å². The van der Waals surface area contributed by atoms with Gasteiger partial charge in [-0.3, -0.25) is 4.79 Å². The second-order valence-corrected chi connectivity index (χ2v) is 10.8. The van der Waals surface area contributed by atoms with E-state index in [1.165, 1.54) is 35.8 Å². The van der Waals surface area contributed by atoms with Crippen molar-refractivity contribution in [2.75, 3.05) is 20.2 Å². The zero-order valence-electron chi connectivity index (χ0n) is 23.9. The van der Waals surface area contributed by atoms with Crippen LogP contribution in [0.25, 0.3) is 22.4 Å². The van der Waals surface area contributed by atoms with Crippen LogP contribution in [0.2, 0.25) is 0 Å². The Morgan fingerprint density at radius 2 is 1.87 bits per heavy atom. The summed E-state index contributed by atoms with van der Waals surface area (Å²) in [4.78, 5) is 33.9. The van der Waals surface area contributed by atoms with Gasteiger partial charge in [0.1, 0.15) is 12.4 Å². The lowest BCUT2D eigenvalue weighted by Gasteiger charge is -2.23. The number of nitrogens with one attached hydrogen (secondary N) is 2. The zero-order valence-corrected chi connectivity index (χ0v) is 23.9. The minimum absolute atomic E-state index is 0.0801. The van der Waals surface area contributed by atoms with Gasteiger partial charge in [0.2, 0.25) is 5.91 Å². The van der Waals surface area contributed by atoms with Crippen LogP contribution in [0.3, 0.4) is 0 Å². The SMILES string of the molecule is CCC.COC(=O)NCC(=O)N1CCC[C@H]1c1ncc(-c2ccc(C)c(-c3cccc(C(C)(C)C)c3)c2)[nH]1. The van der Waals surface area contributed by atoms with Gasteiger partial charge >= 0.3 is 6.09 Å². The highest BCUT2D eigenvalue weighted by atomic mass is 16.5. The molecule has 2 amide bonds. The second kappa shape index (κ2) is 12.8. The van der Waals surface area contributed by atoms with Gasteiger partial charge in [0.05, 0.1) is 25.0 Å². The maximum absolute atomic E-state index is 12.7. The van der Waals surface area contributed by atoms with Gasteiger partial charge in [-0.15, -0.1) is 0 Å². The van der Waals surface area contributed by atoms with E-state index in [4.69, 9.17) is 0 Å². The Morgan fingerprint density at radius 1 is 1.13 bits per heavy atom. The molecule has 2 N–H and O–H groups in total. The van der Waals surface area contributed by atoms with E-state index in [1.807, 2.05) is 6.20 Å². The van der Waals surface area contributed by atoms with Crippen LogP contribution in [0.15, 0.2) is 48.7 Å². The Morgan fingerprint density at radius 3 is 2.55 bits per heavy atom. The molecule has 2 aromatic carbocycles. The number of ether oxygens (including phenoxy) is 1. The number of aryl methyl sites for hydroxylation is 1. The number of benzene rings is 2. The lowest BCUT2D eigenvalue weighted by molar-refractivity contribution is -0.131. The van der Waals surface area contributed by atoms with E-state index in [1.54, 1.807) is 4.90 Å². The van der Waals surface area contributed by atoms with Crippen molar-refractivity contribution in [1.82, 2.24) is 20.2 Å². The first-order valence-corrected chi connectivity index (χ1v) is 13.5. The zero-order chi connectivity index (χ0) is 27.9. The number of hydrogen-bond donors (Lipinski definition) is 2. The van der Waals surface area contributed by atoms with Crippen LogP contribution in [-0.4, -0.2) is 47.1 Å². The van der Waals surface area contributed by atoms with Crippen LogP contribution in [0, 0.1) is 6.92 Å². The summed E-state index contributed by atoms with van der Waals surface area (Å²) in [5, 5.41) is 2.47. The van der Waals surface area contributed by atoms with Crippen LogP contribution in [0.1, 0.15) is 76.9 Å². The quantitative estimate of drug-likeness (QED) is 0.389. The van der Waals surface area contributed by atoms with Crippen molar-refractivity contribution in [2.45, 2.75) is 72.3 Å². The number of hydrogen-bond acceptors (Lipinski definition) is 4. The maximum Gasteiger partial charge on any atom is 0.407 e. The first-order chi connectivity index (χ1) is 18.1. The number of carbonyl (C=O) groups is 2. The monoisotopic (exact) mass is 518 g/mol. The third-order valence-corrected chi connectivity index (χ3v) is 6.64. The van der Waals surface area contributed by atoms with Gasteiger partial charge in [0, 0.05) is 12.1 Å². The smallest absolute Gasteiger partial charge is 0.407 e. The third-order valence-electron chi connectivity index (χ3n) is 6.64. The average molecular weight is 519 g/mol. The fourth-order valence-corrected chi connectivity index (χ4v) is 4.58. The van der Waals surface area contributed by atoms with Gasteiger partial charge in [-0.25, -0.2) is 9.78 Å². The Hall–Kier alpha value is -3.61. The number of aromatic amines is 1. The number of rotatable bonds is 5. The molecule has 0 unspecified atom stereocenters. The molecule has 1 atom stereocenters. The molecule has 204 valence electrons. The Labute approximate surface area is 227 Å². The Bertz CT molecular complexity index is 1240. The summed E-state index contributed by atoms with van der Waals surface area (Å²) < 4.78 is 4.56. The summed E-state index contributed by atoms with van der Waals surface area (Å²) in [6, 6.07) is 15.0. The topological polar surface area (TPSA) is 87.3 Å². The van der Waals surface area contributed by atoms with Crippen LogP contribution >= 0.6 is 0 Å². The summed E-state index contributed by atoms with van der Waals surface area (Å²) in [7, 11) is 1.28. The van der Waals surface area contributed by atoms with Crippen molar-refractivity contribution in [2.24, 2.45) is 0 Å². The first-order valence-electron chi connectivity index (χ1n) is 13.5. The predicted octanol–water partition coefficient (Wildman–Crippen LogP) is 6.79. The van der Waals surface area contributed by atoms with Gasteiger partial charge in [-0.05, 0) is 53.5 Å². The van der Waals surface area contributed by atoms with Crippen LogP contribution in [-0.2, 0) is 14.9 Å². The van der Waals surface area contributed by atoms with Crippen molar-refractivity contribution in [3.63, 3.8) is 0 Å². The first kappa shape index (κ1) is 29.0. The lowest BCUT2D eigenvalue weighted by Crippen LogP contribution is -2.40. The highest BCUT2D eigenvalue weighted by Gasteiger charge is 2.32. The number of H-pyrrole nitrogens is 1. The van der Waals surface area contributed by atoms with E-state index < -0.39 is 6.09 Å². The molecule has 1 saturated heterocycles. The van der Waals surface area contributed by atoms with E-state index in [0.717, 1.165) is 29.9 Å². The van der Waals surface area contributed by atoms with Crippen molar-refractivity contribution < 1.29 is 14.3 Å². The molecule has 1 aromatic heterocycles. The maximum atomic E-state index is 12.7. The largest absolute Gasteiger partial charge is 0.453 e. The molecule has 4 rings (SSSR count). The summed E-state index contributed by atoms with van der Waals surface area (Å²) in [6.07, 6.45) is 4.19. The average Bonchev–Trinajstić information content (AvgIpc) is 3.57. The standard InChI is InChI=1S/C28H34N4O3.C3H8/c1-18-11-12-20(15-22(18)19-8-6-9-21(14-19)28(2,3)4)23-16-29-26(31-23)24-10-7-13-32(24)25(33)17-30-27(34)35-5;1-3-2/h6,8-9,11-12,14-16,24H,7,10,13,17H2,1-5H3,(H,29,31)(H,30,34);3H2,1-2H3/t24-;/m0./s1. The van der Waals surface area contributed by atoms with Crippen molar-refractivity contribution in [1.29, 1.82) is 0 Å². The number of alkyl carbamates (subject to hydrolysis) is 1. The van der Waals surface area contributed by atoms with E-state index in [2.05, 4.69) is 104 Å². The summed E-state index contributed by atoms with van der Waals surface area (Å²) >= 11 is 0. The minimum atomic E-state index is -0.613. The predicted molar refractivity (Wildman–Crippen MR) is 153 cm³/mol. The van der Waals surface area contributed by atoms with Crippen molar-refractivity contribution in [3.8, 4) is 22.4 Å². The van der Waals surface area contributed by atoms with Gasteiger partial charge in [-0.1, -0.05) is 77.4 Å². The number of likely N-dealkylation sites (tertiary alicyclic amines) is 1. The minimum Gasteiger partial charge on any atom is -0.453 e. The van der Waals surface area contributed by atoms with E-state index >= 15 is 0 Å². The fraction of sp³-hybridized carbons (Fsp3) is 0.452. The van der Waals surface area contributed by atoms with Gasteiger partial charge in [-0.2, -0.15) is 0 Å². The van der Waals surface area contributed by atoms with E-state index in [9.17, 15) is 9.59 Å². The number of amides is 2. The van der Waals surface area contributed by atoms with Gasteiger partial charge in [0.15, 0.2) is 0 Å². The summed E-state index contributed by atoms with van der Waals surface area (Å²) in [5.41, 5.74) is 6.95. The molecule has 7 nitrogen and oxygen atoms in total. The molecule has 0 aliphatic carbocycles. The third kappa shape index (κ3) is 7.03. The molecule has 0 radical (unpaired) electrons. The molecule has 0 saturated carbocycles. The molecule has 0 spiro atoms. The van der Waals surface area contributed by atoms with Crippen LogP contribution < -0.4 is 5.32 Å². The molecule has 1 aliphatic rings. The van der Waals surface area contributed by atoms with Crippen molar-refractivity contribution in [3.05, 3.63) is 65.6 Å². The Balaban J connectivity index is 0.00000127. The fourth-order valence-electron chi connectivity index (χ4n) is 4.58. The molecular formula is C31H42N4O3. The molecule has 3 aromatic rings.